The molecule has 0 aliphatic heterocycles. The highest BCUT2D eigenvalue weighted by molar-refractivity contribution is 7.32. The zero-order valence-corrected chi connectivity index (χ0v) is 11.6. The van der Waals surface area contributed by atoms with Crippen LogP contribution in [0, 0.1) is 17.3 Å². The third kappa shape index (κ3) is 3.26. The topological polar surface area (TPSA) is 63.6 Å². The van der Waals surface area contributed by atoms with Gasteiger partial charge in [0.15, 0.2) is 0 Å². The van der Waals surface area contributed by atoms with Crippen LogP contribution in [0.15, 0.2) is 0 Å². The SMILES string of the molecule is CCCC(C(=O)O[P+](=O)O)(C(C)C)C(C)C. The van der Waals surface area contributed by atoms with Crippen LogP contribution in [0.2, 0.25) is 0 Å². The summed E-state index contributed by atoms with van der Waals surface area (Å²) in [4.78, 5) is 20.7. The summed E-state index contributed by atoms with van der Waals surface area (Å²) in [6, 6.07) is 0. The van der Waals surface area contributed by atoms with Crippen LogP contribution in [0.5, 0.6) is 0 Å². The summed E-state index contributed by atoms with van der Waals surface area (Å²) < 4.78 is 15.1. The number of carbonyl (C=O) groups excluding carboxylic acids is 1. The van der Waals surface area contributed by atoms with Crippen LogP contribution >= 0.6 is 8.25 Å². The average molecular weight is 249 g/mol. The minimum atomic E-state index is -2.86. The summed E-state index contributed by atoms with van der Waals surface area (Å²) in [5.74, 6) is -0.396. The van der Waals surface area contributed by atoms with Gasteiger partial charge in [-0.3, -0.25) is 0 Å². The minimum Gasteiger partial charge on any atom is -0.246 e. The van der Waals surface area contributed by atoms with E-state index in [1.165, 1.54) is 0 Å². The maximum atomic E-state index is 12.0. The first-order chi connectivity index (χ1) is 7.28. The van der Waals surface area contributed by atoms with Gasteiger partial charge in [0.25, 0.3) is 0 Å². The Morgan fingerprint density at radius 3 is 2.00 bits per heavy atom. The van der Waals surface area contributed by atoms with Crippen molar-refractivity contribution in [2.24, 2.45) is 17.3 Å². The molecule has 4 nitrogen and oxygen atoms in total. The van der Waals surface area contributed by atoms with E-state index in [1.54, 1.807) is 0 Å². The van der Waals surface area contributed by atoms with Gasteiger partial charge in [-0.25, -0.2) is 4.79 Å². The molecule has 0 aromatic carbocycles. The van der Waals surface area contributed by atoms with E-state index in [4.69, 9.17) is 4.89 Å². The van der Waals surface area contributed by atoms with E-state index in [0.717, 1.165) is 6.42 Å². The quantitative estimate of drug-likeness (QED) is 0.734. The molecule has 0 rings (SSSR count). The molecule has 0 amide bonds. The van der Waals surface area contributed by atoms with Gasteiger partial charge in [-0.05, 0) is 18.3 Å². The van der Waals surface area contributed by atoms with Gasteiger partial charge in [-0.15, -0.1) is 4.89 Å². The van der Waals surface area contributed by atoms with Crippen molar-refractivity contribution in [3.05, 3.63) is 0 Å². The summed E-state index contributed by atoms with van der Waals surface area (Å²) in [7, 11) is -2.86. The molecule has 0 heterocycles. The van der Waals surface area contributed by atoms with Crippen LogP contribution in [0.4, 0.5) is 0 Å². The minimum absolute atomic E-state index is 0.0786. The van der Waals surface area contributed by atoms with Crippen molar-refractivity contribution in [2.45, 2.75) is 47.5 Å². The molecule has 0 aromatic rings. The molecule has 1 atom stereocenters. The van der Waals surface area contributed by atoms with E-state index >= 15 is 0 Å². The van der Waals surface area contributed by atoms with Crippen LogP contribution in [-0.4, -0.2) is 10.9 Å². The first kappa shape index (κ1) is 15.5. The van der Waals surface area contributed by atoms with Crippen molar-refractivity contribution < 1.29 is 18.8 Å². The van der Waals surface area contributed by atoms with Crippen molar-refractivity contribution in [1.82, 2.24) is 0 Å². The molecule has 0 aromatic heterocycles. The fourth-order valence-electron chi connectivity index (χ4n) is 2.39. The lowest BCUT2D eigenvalue weighted by Gasteiger charge is -2.36. The van der Waals surface area contributed by atoms with E-state index in [2.05, 4.69) is 4.52 Å². The van der Waals surface area contributed by atoms with Crippen molar-refractivity contribution in [3.63, 3.8) is 0 Å². The lowest BCUT2D eigenvalue weighted by Crippen LogP contribution is -2.41. The number of hydrogen-bond acceptors (Lipinski definition) is 3. The van der Waals surface area contributed by atoms with Gasteiger partial charge in [0.1, 0.15) is 0 Å². The van der Waals surface area contributed by atoms with Crippen LogP contribution in [-0.2, 0) is 13.9 Å². The molecule has 0 bridgehead atoms. The highest BCUT2D eigenvalue weighted by Crippen LogP contribution is 2.43. The molecule has 0 aliphatic carbocycles. The zero-order valence-electron chi connectivity index (χ0n) is 10.7. The molecule has 16 heavy (non-hydrogen) atoms. The second kappa shape index (κ2) is 6.31. The van der Waals surface area contributed by atoms with Gasteiger partial charge < -0.3 is 0 Å². The van der Waals surface area contributed by atoms with Crippen LogP contribution in [0.3, 0.4) is 0 Å². The van der Waals surface area contributed by atoms with E-state index in [9.17, 15) is 9.36 Å². The molecule has 94 valence electrons. The molecule has 0 saturated carbocycles. The summed E-state index contributed by atoms with van der Waals surface area (Å²) >= 11 is 0. The van der Waals surface area contributed by atoms with Crippen LogP contribution < -0.4 is 0 Å². The Hall–Kier alpha value is -0.470. The summed E-state index contributed by atoms with van der Waals surface area (Å²) in [5, 5.41) is 0. The van der Waals surface area contributed by atoms with Crippen molar-refractivity contribution in [1.29, 1.82) is 0 Å². The van der Waals surface area contributed by atoms with E-state index in [-0.39, 0.29) is 11.8 Å². The molecular formula is C11H22O4P+. The predicted octanol–water partition coefficient (Wildman–Crippen LogP) is 3.28. The molecule has 0 spiro atoms. The number of rotatable bonds is 6. The van der Waals surface area contributed by atoms with Crippen molar-refractivity contribution in [3.8, 4) is 0 Å². The molecule has 1 N–H and O–H groups in total. The first-order valence-electron chi connectivity index (χ1n) is 5.67. The predicted molar refractivity (Wildman–Crippen MR) is 62.9 cm³/mol. The monoisotopic (exact) mass is 249 g/mol. The highest BCUT2D eigenvalue weighted by atomic mass is 31.1. The number of hydrogen-bond donors (Lipinski definition) is 1. The molecular weight excluding hydrogens is 227 g/mol. The maximum Gasteiger partial charge on any atom is 0.750 e. The van der Waals surface area contributed by atoms with Gasteiger partial charge in [0, 0.05) is 4.57 Å². The zero-order chi connectivity index (χ0) is 12.9. The maximum absolute atomic E-state index is 12.0. The Morgan fingerprint density at radius 1 is 1.31 bits per heavy atom. The fourth-order valence-corrected chi connectivity index (χ4v) is 2.70. The fraction of sp³-hybridized carbons (Fsp3) is 0.909. The van der Waals surface area contributed by atoms with E-state index in [0.29, 0.717) is 6.42 Å². The van der Waals surface area contributed by atoms with Gasteiger partial charge in [-0.2, -0.15) is 4.52 Å². The third-order valence-electron chi connectivity index (χ3n) is 3.27. The van der Waals surface area contributed by atoms with Crippen molar-refractivity contribution in [2.75, 3.05) is 0 Å². The van der Waals surface area contributed by atoms with Crippen molar-refractivity contribution >= 4 is 14.2 Å². The standard InChI is InChI=1S/C11H21O4P/c1-6-7-11(8(2)3,9(4)5)10(12)15-16(13)14/h8-9H,6-7H2,1-5H3/p+1. The Bertz CT molecular complexity index is 253. The summed E-state index contributed by atoms with van der Waals surface area (Å²) in [5.41, 5.74) is -0.664. The largest absolute Gasteiger partial charge is 0.750 e. The summed E-state index contributed by atoms with van der Waals surface area (Å²) in [6.45, 7) is 9.77. The third-order valence-corrected chi connectivity index (χ3v) is 3.59. The normalized spacial score (nSPS) is 13.1. The van der Waals surface area contributed by atoms with E-state index in [1.807, 2.05) is 34.6 Å². The molecule has 0 saturated heterocycles. The molecule has 0 radical (unpaired) electrons. The van der Waals surface area contributed by atoms with Crippen LogP contribution in [0.1, 0.15) is 47.5 Å². The Kier molecular flexibility index (Phi) is 6.13. The lowest BCUT2D eigenvalue weighted by molar-refractivity contribution is -0.153. The second-order valence-corrected chi connectivity index (χ2v) is 5.37. The molecule has 5 heteroatoms. The Morgan fingerprint density at radius 2 is 1.75 bits per heavy atom. The van der Waals surface area contributed by atoms with Gasteiger partial charge in [0.2, 0.25) is 0 Å². The smallest absolute Gasteiger partial charge is 0.246 e. The summed E-state index contributed by atoms with van der Waals surface area (Å²) in [6.07, 6.45) is 1.51. The lowest BCUT2D eigenvalue weighted by atomic mass is 9.66. The van der Waals surface area contributed by atoms with Gasteiger partial charge in [-0.1, -0.05) is 41.0 Å². The Labute approximate surface area is 98.3 Å². The van der Waals surface area contributed by atoms with E-state index < -0.39 is 19.6 Å². The highest BCUT2D eigenvalue weighted by Gasteiger charge is 2.48. The average Bonchev–Trinajstić information content (AvgIpc) is 2.11. The van der Waals surface area contributed by atoms with Gasteiger partial charge >= 0.3 is 14.2 Å². The second-order valence-electron chi connectivity index (χ2n) is 4.72. The molecule has 0 aliphatic rings. The van der Waals surface area contributed by atoms with Crippen LogP contribution in [0.25, 0.3) is 0 Å². The Balaban J connectivity index is 5.16. The first-order valence-corrected chi connectivity index (χ1v) is 6.80. The molecule has 0 fully saturated rings. The number of carbonyl (C=O) groups is 1. The molecule has 1 unspecified atom stereocenters. The van der Waals surface area contributed by atoms with Gasteiger partial charge in [0.05, 0.1) is 5.41 Å².